The average molecular weight is 281 g/mol. The van der Waals surface area contributed by atoms with Crippen molar-refractivity contribution < 1.29 is 0 Å². The molecule has 108 valence electrons. The molecule has 0 saturated carbocycles. The Labute approximate surface area is 124 Å². The van der Waals surface area contributed by atoms with Gasteiger partial charge in [-0.05, 0) is 37.6 Å². The van der Waals surface area contributed by atoms with Crippen molar-refractivity contribution in [2.75, 3.05) is 10.6 Å². The first kappa shape index (κ1) is 13.4. The largest absolute Gasteiger partial charge is 0.399 e. The molecule has 0 amide bonds. The fourth-order valence-electron chi connectivity index (χ4n) is 2.38. The normalized spacial score (nSPS) is 11.2. The van der Waals surface area contributed by atoms with Crippen LogP contribution in [-0.4, -0.2) is 20.6 Å². The summed E-state index contributed by atoms with van der Waals surface area (Å²) in [5.74, 6) is 0.945. The van der Waals surface area contributed by atoms with Crippen molar-refractivity contribution in [3.63, 3.8) is 0 Å². The van der Waals surface area contributed by atoms with Crippen molar-refractivity contribution in [2.24, 2.45) is 0 Å². The van der Waals surface area contributed by atoms with Gasteiger partial charge in [-0.3, -0.25) is 0 Å². The maximum atomic E-state index is 5.86. The third-order valence-corrected chi connectivity index (χ3v) is 3.46. The van der Waals surface area contributed by atoms with E-state index in [9.17, 15) is 0 Å². The number of nitrogen functional groups attached to an aromatic ring is 1. The highest BCUT2D eigenvalue weighted by atomic mass is 15.3. The summed E-state index contributed by atoms with van der Waals surface area (Å²) in [6.45, 7) is 5.10. The molecule has 2 heterocycles. The van der Waals surface area contributed by atoms with E-state index in [1.165, 1.54) is 5.56 Å². The van der Waals surface area contributed by atoms with Gasteiger partial charge in [-0.1, -0.05) is 12.1 Å². The molecule has 3 rings (SSSR count). The molecule has 5 heteroatoms. The number of anilines is 2. The van der Waals surface area contributed by atoms with Crippen molar-refractivity contribution in [1.29, 1.82) is 0 Å². The van der Waals surface area contributed by atoms with Gasteiger partial charge in [0.2, 0.25) is 0 Å². The van der Waals surface area contributed by atoms with Crippen LogP contribution in [0.15, 0.2) is 48.8 Å². The smallest absolute Gasteiger partial charge is 0.157 e. The van der Waals surface area contributed by atoms with Gasteiger partial charge >= 0.3 is 0 Å². The number of nitrogens with two attached hydrogens (primary N) is 1. The first-order chi connectivity index (χ1) is 10.1. The molecule has 5 nitrogen and oxygen atoms in total. The number of benzene rings is 1. The minimum Gasteiger partial charge on any atom is -0.399 e. The van der Waals surface area contributed by atoms with Crippen LogP contribution in [0.5, 0.6) is 0 Å². The minimum absolute atomic E-state index is 0.337. The van der Waals surface area contributed by atoms with Crippen molar-refractivity contribution in [1.82, 2.24) is 14.6 Å². The minimum atomic E-state index is 0.337. The van der Waals surface area contributed by atoms with Gasteiger partial charge in [-0.25, -0.2) is 9.50 Å². The van der Waals surface area contributed by atoms with Gasteiger partial charge < -0.3 is 10.6 Å². The van der Waals surface area contributed by atoms with E-state index in [1.807, 2.05) is 36.5 Å². The van der Waals surface area contributed by atoms with Gasteiger partial charge in [-0.2, -0.15) is 5.10 Å². The molecule has 0 atom stereocenters. The van der Waals surface area contributed by atoms with Crippen LogP contribution in [0.1, 0.15) is 19.4 Å². The van der Waals surface area contributed by atoms with Gasteiger partial charge in [0, 0.05) is 30.5 Å². The number of aromatic nitrogens is 3. The number of rotatable bonds is 4. The fraction of sp³-hybridized carbons (Fsp3) is 0.250. The van der Waals surface area contributed by atoms with E-state index < -0.39 is 0 Å². The highest BCUT2D eigenvalue weighted by Gasteiger charge is 2.13. The molecule has 0 fully saturated rings. The fourth-order valence-corrected chi connectivity index (χ4v) is 2.38. The topological polar surface area (TPSA) is 59.5 Å². The van der Waals surface area contributed by atoms with Gasteiger partial charge in [0.25, 0.3) is 0 Å². The van der Waals surface area contributed by atoms with Crippen molar-refractivity contribution >= 4 is 17.2 Å². The molecule has 0 spiro atoms. The van der Waals surface area contributed by atoms with E-state index in [4.69, 9.17) is 5.73 Å². The zero-order chi connectivity index (χ0) is 14.8. The lowest BCUT2D eigenvalue weighted by Gasteiger charge is -2.28. The van der Waals surface area contributed by atoms with E-state index in [0.717, 1.165) is 23.7 Å². The zero-order valence-electron chi connectivity index (χ0n) is 12.3. The monoisotopic (exact) mass is 281 g/mol. The van der Waals surface area contributed by atoms with Crippen LogP contribution in [0.3, 0.4) is 0 Å². The van der Waals surface area contributed by atoms with E-state index in [0.29, 0.717) is 6.04 Å². The SMILES string of the molecule is CC(C)N(Cc1cccc(N)c1)c1ccn2nccc2n1. The third-order valence-electron chi connectivity index (χ3n) is 3.46. The lowest BCUT2D eigenvalue weighted by molar-refractivity contribution is 0.672. The standard InChI is InChI=1S/C16H19N5/c1-12(2)20(11-13-4-3-5-14(17)10-13)15-7-9-21-16(19-15)6-8-18-21/h3-10,12H,11,17H2,1-2H3. The summed E-state index contributed by atoms with van der Waals surface area (Å²) in [6.07, 6.45) is 3.69. The summed E-state index contributed by atoms with van der Waals surface area (Å²) in [7, 11) is 0. The van der Waals surface area contributed by atoms with Crippen LogP contribution < -0.4 is 10.6 Å². The Balaban J connectivity index is 1.93. The summed E-state index contributed by atoms with van der Waals surface area (Å²) in [4.78, 5) is 6.92. The Bertz CT molecular complexity index is 747. The van der Waals surface area contributed by atoms with Gasteiger partial charge in [-0.15, -0.1) is 0 Å². The van der Waals surface area contributed by atoms with Crippen LogP contribution in [0, 0.1) is 0 Å². The Morgan fingerprint density at radius 1 is 1.24 bits per heavy atom. The van der Waals surface area contributed by atoms with Gasteiger partial charge in [0.05, 0.1) is 6.20 Å². The molecule has 1 aromatic carbocycles. The van der Waals surface area contributed by atoms with E-state index in [2.05, 4.69) is 34.9 Å². The Kier molecular flexibility index (Phi) is 3.48. The first-order valence-electron chi connectivity index (χ1n) is 7.05. The lowest BCUT2D eigenvalue weighted by atomic mass is 10.1. The number of nitrogens with zero attached hydrogens (tertiary/aromatic N) is 4. The summed E-state index contributed by atoms with van der Waals surface area (Å²) in [5.41, 5.74) is 8.68. The first-order valence-corrected chi connectivity index (χ1v) is 7.05. The van der Waals surface area contributed by atoms with Crippen LogP contribution in [0.25, 0.3) is 5.65 Å². The molecule has 0 radical (unpaired) electrons. The molecule has 0 aliphatic heterocycles. The molecule has 0 bridgehead atoms. The molecule has 0 aliphatic carbocycles. The summed E-state index contributed by atoms with van der Waals surface area (Å²) < 4.78 is 1.77. The molecule has 0 aliphatic rings. The quantitative estimate of drug-likeness (QED) is 0.747. The molecule has 2 aromatic heterocycles. The van der Waals surface area contributed by atoms with E-state index in [-0.39, 0.29) is 0 Å². The molecule has 21 heavy (non-hydrogen) atoms. The molecular weight excluding hydrogens is 262 g/mol. The molecular formula is C16H19N5. The Morgan fingerprint density at radius 3 is 2.86 bits per heavy atom. The van der Waals surface area contributed by atoms with Crippen LogP contribution >= 0.6 is 0 Å². The second-order valence-electron chi connectivity index (χ2n) is 5.39. The van der Waals surface area contributed by atoms with Gasteiger partial charge in [0.15, 0.2) is 5.65 Å². The summed E-state index contributed by atoms with van der Waals surface area (Å²) in [5, 5.41) is 4.18. The summed E-state index contributed by atoms with van der Waals surface area (Å²) in [6, 6.07) is 12.2. The Hall–Kier alpha value is -2.56. The second-order valence-corrected chi connectivity index (χ2v) is 5.39. The maximum Gasteiger partial charge on any atom is 0.157 e. The average Bonchev–Trinajstić information content (AvgIpc) is 2.92. The summed E-state index contributed by atoms with van der Waals surface area (Å²) >= 11 is 0. The van der Waals surface area contributed by atoms with Crippen molar-refractivity contribution in [2.45, 2.75) is 26.4 Å². The second kappa shape index (κ2) is 5.44. The predicted molar refractivity (Wildman–Crippen MR) is 85.2 cm³/mol. The highest BCUT2D eigenvalue weighted by Crippen LogP contribution is 2.19. The number of hydrogen-bond acceptors (Lipinski definition) is 4. The van der Waals surface area contributed by atoms with E-state index in [1.54, 1.807) is 10.7 Å². The van der Waals surface area contributed by atoms with Crippen LogP contribution in [0.4, 0.5) is 11.5 Å². The van der Waals surface area contributed by atoms with Crippen LogP contribution in [0.2, 0.25) is 0 Å². The number of fused-ring (bicyclic) bond motifs is 1. The number of hydrogen-bond donors (Lipinski definition) is 1. The molecule has 3 aromatic rings. The van der Waals surface area contributed by atoms with Crippen molar-refractivity contribution in [3.05, 3.63) is 54.4 Å². The Morgan fingerprint density at radius 2 is 2.10 bits per heavy atom. The predicted octanol–water partition coefficient (Wildman–Crippen LogP) is 2.73. The molecule has 2 N–H and O–H groups in total. The maximum absolute atomic E-state index is 5.86. The molecule has 0 saturated heterocycles. The lowest BCUT2D eigenvalue weighted by Crippen LogP contribution is -2.31. The van der Waals surface area contributed by atoms with Crippen molar-refractivity contribution in [3.8, 4) is 0 Å². The van der Waals surface area contributed by atoms with Gasteiger partial charge in [0.1, 0.15) is 5.82 Å². The highest BCUT2D eigenvalue weighted by molar-refractivity contribution is 5.49. The van der Waals surface area contributed by atoms with E-state index >= 15 is 0 Å². The zero-order valence-corrected chi connectivity index (χ0v) is 12.3. The molecule has 0 unspecified atom stereocenters. The third kappa shape index (κ3) is 2.81. The van der Waals surface area contributed by atoms with Crippen LogP contribution in [-0.2, 0) is 6.54 Å².